The first-order chi connectivity index (χ1) is 15.3. The molecule has 0 heterocycles. The number of carbonyl (C=O) groups excluding carboxylic acids is 1. The molecule has 0 fully saturated rings. The summed E-state index contributed by atoms with van der Waals surface area (Å²) in [5, 5.41) is 6.07. The highest BCUT2D eigenvalue weighted by molar-refractivity contribution is 5.94. The van der Waals surface area contributed by atoms with Gasteiger partial charge in [-0.25, -0.2) is 0 Å². The Kier molecular flexibility index (Phi) is 10.4. The van der Waals surface area contributed by atoms with Gasteiger partial charge in [0.2, 0.25) is 5.91 Å². The molecule has 0 aliphatic heterocycles. The Morgan fingerprint density at radius 2 is 1.59 bits per heavy atom. The van der Waals surface area contributed by atoms with Crippen LogP contribution in [0.2, 0.25) is 0 Å². The normalized spacial score (nSPS) is 11.4. The molecule has 176 valence electrons. The highest BCUT2D eigenvalue weighted by Crippen LogP contribution is 2.29. The van der Waals surface area contributed by atoms with Crippen LogP contribution in [0.25, 0.3) is 0 Å². The smallest absolute Gasteiger partial charge is 0.397 e. The van der Waals surface area contributed by atoms with Gasteiger partial charge in [-0.3, -0.25) is 4.79 Å². The number of nitrogen functional groups attached to an aromatic ring is 1. The maximum atomic E-state index is 12.6. The molecular formula is C25H34F3N3O. The third kappa shape index (κ3) is 9.20. The summed E-state index contributed by atoms with van der Waals surface area (Å²) >= 11 is 0. The zero-order chi connectivity index (χ0) is 23.4. The predicted molar refractivity (Wildman–Crippen MR) is 126 cm³/mol. The Hall–Kier alpha value is -2.70. The number of unbranched alkanes of at least 4 members (excludes halogenated alkanes) is 6. The second kappa shape index (κ2) is 13.0. The van der Waals surface area contributed by atoms with Crippen LogP contribution in [0.5, 0.6) is 0 Å². The summed E-state index contributed by atoms with van der Waals surface area (Å²) in [5.74, 6) is -0.0340. The molecule has 32 heavy (non-hydrogen) atoms. The van der Waals surface area contributed by atoms with E-state index in [1.54, 1.807) is 12.1 Å². The van der Waals surface area contributed by atoms with Crippen molar-refractivity contribution in [3.8, 4) is 0 Å². The summed E-state index contributed by atoms with van der Waals surface area (Å²) in [4.78, 5) is 12.1. The average molecular weight is 450 g/mol. The van der Waals surface area contributed by atoms with Gasteiger partial charge in [-0.2, -0.15) is 13.2 Å². The molecule has 2 aromatic carbocycles. The molecule has 4 N–H and O–H groups in total. The highest BCUT2D eigenvalue weighted by Gasteiger charge is 2.29. The number of carbonyl (C=O) groups is 1. The van der Waals surface area contributed by atoms with Gasteiger partial charge in [0.05, 0.1) is 16.9 Å². The molecule has 2 aromatic rings. The van der Waals surface area contributed by atoms with Crippen molar-refractivity contribution < 1.29 is 18.0 Å². The van der Waals surface area contributed by atoms with E-state index in [1.807, 2.05) is 6.07 Å². The van der Waals surface area contributed by atoms with Gasteiger partial charge in [0, 0.05) is 18.7 Å². The summed E-state index contributed by atoms with van der Waals surface area (Å²) in [5.41, 5.74) is 8.09. The van der Waals surface area contributed by atoms with Crippen LogP contribution in [0, 0.1) is 0 Å². The van der Waals surface area contributed by atoms with E-state index in [1.165, 1.54) is 44.2 Å². The number of anilines is 3. The summed E-state index contributed by atoms with van der Waals surface area (Å²) in [6, 6.07) is 10.5. The van der Waals surface area contributed by atoms with Crippen molar-refractivity contribution in [2.24, 2.45) is 0 Å². The Morgan fingerprint density at radius 3 is 2.22 bits per heavy atom. The quantitative estimate of drug-likeness (QED) is 0.227. The maximum absolute atomic E-state index is 12.6. The second-order valence-electron chi connectivity index (χ2n) is 8.09. The summed E-state index contributed by atoms with van der Waals surface area (Å²) in [7, 11) is 0. The first-order valence-electron chi connectivity index (χ1n) is 11.4. The predicted octanol–water partition coefficient (Wildman–Crippen LogP) is 7.02. The van der Waals surface area contributed by atoms with Crippen molar-refractivity contribution in [3.63, 3.8) is 0 Å². The van der Waals surface area contributed by atoms with E-state index >= 15 is 0 Å². The van der Waals surface area contributed by atoms with Crippen LogP contribution in [-0.4, -0.2) is 12.5 Å². The lowest BCUT2D eigenvalue weighted by atomic mass is 10.1. The van der Waals surface area contributed by atoms with Crippen LogP contribution in [0.4, 0.5) is 30.2 Å². The van der Waals surface area contributed by atoms with Gasteiger partial charge in [0.15, 0.2) is 0 Å². The Balaban J connectivity index is 1.71. The van der Waals surface area contributed by atoms with E-state index in [0.717, 1.165) is 36.2 Å². The first-order valence-corrected chi connectivity index (χ1v) is 11.4. The summed E-state index contributed by atoms with van der Waals surface area (Å²) in [6.07, 6.45) is 4.86. The Bertz CT molecular complexity index is 835. The number of alkyl halides is 3. The summed E-state index contributed by atoms with van der Waals surface area (Å²) in [6.45, 7) is 2.75. The number of halogens is 3. The fourth-order valence-electron chi connectivity index (χ4n) is 3.45. The minimum atomic E-state index is -4.32. The molecule has 0 aliphatic carbocycles. The topological polar surface area (TPSA) is 67.2 Å². The van der Waals surface area contributed by atoms with Gasteiger partial charge < -0.3 is 16.4 Å². The number of nitrogens with two attached hydrogens (primary N) is 1. The maximum Gasteiger partial charge on any atom is 0.416 e. The van der Waals surface area contributed by atoms with Crippen molar-refractivity contribution in [1.29, 1.82) is 0 Å². The molecular weight excluding hydrogens is 415 g/mol. The van der Waals surface area contributed by atoms with Crippen molar-refractivity contribution in [1.82, 2.24) is 0 Å². The number of amides is 1. The van der Waals surface area contributed by atoms with E-state index in [-0.39, 0.29) is 5.91 Å². The molecule has 4 nitrogen and oxygen atoms in total. The zero-order valence-corrected chi connectivity index (χ0v) is 18.7. The number of rotatable bonds is 13. The average Bonchev–Trinajstić information content (AvgIpc) is 2.75. The van der Waals surface area contributed by atoms with Gasteiger partial charge in [-0.15, -0.1) is 0 Å². The molecule has 0 spiro atoms. The van der Waals surface area contributed by atoms with Gasteiger partial charge in [-0.05, 0) is 48.7 Å². The number of benzene rings is 2. The third-order valence-electron chi connectivity index (χ3n) is 5.36. The lowest BCUT2D eigenvalue weighted by Crippen LogP contribution is -2.13. The van der Waals surface area contributed by atoms with Crippen LogP contribution in [0.1, 0.15) is 69.4 Å². The van der Waals surface area contributed by atoms with Gasteiger partial charge in [0.25, 0.3) is 0 Å². The lowest BCUT2D eigenvalue weighted by Gasteiger charge is -2.12. The number of hydrogen-bond acceptors (Lipinski definition) is 3. The van der Waals surface area contributed by atoms with E-state index < -0.39 is 11.7 Å². The van der Waals surface area contributed by atoms with E-state index in [9.17, 15) is 18.0 Å². The van der Waals surface area contributed by atoms with Crippen molar-refractivity contribution in [3.05, 3.63) is 53.6 Å². The fraction of sp³-hybridized carbons (Fsp3) is 0.480. The largest absolute Gasteiger partial charge is 0.416 e. The third-order valence-corrected chi connectivity index (χ3v) is 5.36. The van der Waals surface area contributed by atoms with Crippen LogP contribution in [0.3, 0.4) is 0 Å². The van der Waals surface area contributed by atoms with Crippen molar-refractivity contribution in [2.45, 2.75) is 70.9 Å². The van der Waals surface area contributed by atoms with Crippen LogP contribution < -0.4 is 16.4 Å². The standard InChI is InChI=1S/C25H34F3N3O/c1-2-3-4-5-6-7-8-9-24(32)31-23-15-14-21(18-22(23)29)30-17-16-19-10-12-20(13-11-19)25(26,27)28/h10-15,18,30H,2-9,16-17,29H2,1H3,(H,31,32). The van der Waals surface area contributed by atoms with Gasteiger partial charge in [0.1, 0.15) is 0 Å². The van der Waals surface area contributed by atoms with Crippen LogP contribution in [0.15, 0.2) is 42.5 Å². The monoisotopic (exact) mass is 449 g/mol. The molecule has 0 unspecified atom stereocenters. The fourth-order valence-corrected chi connectivity index (χ4v) is 3.45. The zero-order valence-electron chi connectivity index (χ0n) is 18.7. The second-order valence-corrected chi connectivity index (χ2v) is 8.09. The van der Waals surface area contributed by atoms with Gasteiger partial charge >= 0.3 is 6.18 Å². The molecule has 0 bridgehead atoms. The Morgan fingerprint density at radius 1 is 0.938 bits per heavy atom. The molecule has 0 saturated heterocycles. The molecule has 0 radical (unpaired) electrons. The number of nitrogens with one attached hydrogen (secondary N) is 2. The van der Waals surface area contributed by atoms with Crippen molar-refractivity contribution >= 4 is 23.0 Å². The van der Waals surface area contributed by atoms with Crippen LogP contribution >= 0.6 is 0 Å². The minimum absolute atomic E-state index is 0.0340. The molecule has 0 saturated carbocycles. The van der Waals surface area contributed by atoms with E-state index in [0.29, 0.717) is 30.8 Å². The van der Waals surface area contributed by atoms with Crippen molar-refractivity contribution in [2.75, 3.05) is 22.9 Å². The van der Waals surface area contributed by atoms with Crippen LogP contribution in [-0.2, 0) is 17.4 Å². The molecule has 7 heteroatoms. The molecule has 2 rings (SSSR count). The molecule has 1 amide bonds. The Labute approximate surface area is 188 Å². The van der Waals surface area contributed by atoms with E-state index in [4.69, 9.17) is 5.73 Å². The minimum Gasteiger partial charge on any atom is -0.397 e. The lowest BCUT2D eigenvalue weighted by molar-refractivity contribution is -0.137. The molecule has 0 aliphatic rings. The number of hydrogen-bond donors (Lipinski definition) is 3. The molecule has 0 aromatic heterocycles. The van der Waals surface area contributed by atoms with Gasteiger partial charge in [-0.1, -0.05) is 57.6 Å². The summed E-state index contributed by atoms with van der Waals surface area (Å²) < 4.78 is 37.9. The molecule has 0 atom stereocenters. The SMILES string of the molecule is CCCCCCCCCC(=O)Nc1ccc(NCCc2ccc(C(F)(F)F)cc2)cc1N. The highest BCUT2D eigenvalue weighted by atomic mass is 19.4. The van der Waals surface area contributed by atoms with E-state index in [2.05, 4.69) is 17.6 Å². The first kappa shape index (κ1) is 25.6.